The summed E-state index contributed by atoms with van der Waals surface area (Å²) in [4.78, 5) is 0. The molecule has 92 valence electrons. The smallest absolute Gasteiger partial charge is 0.0901 e. The van der Waals surface area contributed by atoms with Gasteiger partial charge in [0.25, 0.3) is 0 Å². The van der Waals surface area contributed by atoms with E-state index in [1.165, 1.54) is 25.7 Å². The van der Waals surface area contributed by atoms with Gasteiger partial charge in [-0.1, -0.05) is 19.6 Å². The molecule has 2 heteroatoms. The van der Waals surface area contributed by atoms with Crippen molar-refractivity contribution in [3.63, 3.8) is 0 Å². The van der Waals surface area contributed by atoms with Crippen molar-refractivity contribution in [2.24, 2.45) is 11.8 Å². The molecule has 0 aromatic carbocycles. The van der Waals surface area contributed by atoms with Gasteiger partial charge < -0.3 is 9.47 Å². The molecule has 0 bridgehead atoms. The zero-order chi connectivity index (χ0) is 11.6. The summed E-state index contributed by atoms with van der Waals surface area (Å²) in [7, 11) is 0. The maximum absolute atomic E-state index is 5.50. The maximum atomic E-state index is 5.50. The van der Waals surface area contributed by atoms with E-state index in [0.29, 0.717) is 0 Å². The second-order valence-corrected chi connectivity index (χ2v) is 4.50. The zero-order valence-corrected chi connectivity index (χ0v) is 10.4. The monoisotopic (exact) mass is 224 g/mol. The first-order chi connectivity index (χ1) is 7.86. The standard InChI is InChI=1S/C14H24O2/c1-3-5-10-16-12-14-8-6-13(7-9-14)11-15-4-2/h4-5,10,13-14H,2-3,6-9,11-12H2,1H3/b10-5+. The van der Waals surface area contributed by atoms with Crippen molar-refractivity contribution in [3.8, 4) is 0 Å². The van der Waals surface area contributed by atoms with E-state index >= 15 is 0 Å². The Morgan fingerprint density at radius 2 is 1.62 bits per heavy atom. The molecular formula is C14H24O2. The van der Waals surface area contributed by atoms with Crippen LogP contribution in [0.2, 0.25) is 0 Å². The van der Waals surface area contributed by atoms with Gasteiger partial charge in [0.1, 0.15) is 0 Å². The van der Waals surface area contributed by atoms with Crippen molar-refractivity contribution >= 4 is 0 Å². The molecular weight excluding hydrogens is 200 g/mol. The molecule has 0 saturated heterocycles. The van der Waals surface area contributed by atoms with Crippen LogP contribution in [0.25, 0.3) is 0 Å². The Morgan fingerprint density at radius 3 is 2.12 bits per heavy atom. The summed E-state index contributed by atoms with van der Waals surface area (Å²) in [5, 5.41) is 0. The van der Waals surface area contributed by atoms with Crippen LogP contribution in [0, 0.1) is 11.8 Å². The molecule has 0 aliphatic heterocycles. The minimum absolute atomic E-state index is 0.723. The van der Waals surface area contributed by atoms with Gasteiger partial charge >= 0.3 is 0 Å². The number of rotatable bonds is 7. The van der Waals surface area contributed by atoms with Crippen LogP contribution in [0.4, 0.5) is 0 Å². The number of hydrogen-bond acceptors (Lipinski definition) is 2. The second kappa shape index (κ2) is 8.26. The maximum Gasteiger partial charge on any atom is 0.0901 e. The molecule has 1 aliphatic rings. The van der Waals surface area contributed by atoms with Crippen molar-refractivity contribution in [1.29, 1.82) is 0 Å². The summed E-state index contributed by atoms with van der Waals surface area (Å²) in [5.41, 5.74) is 0. The average Bonchev–Trinajstić information content (AvgIpc) is 2.33. The summed E-state index contributed by atoms with van der Waals surface area (Å²) >= 11 is 0. The van der Waals surface area contributed by atoms with Crippen LogP contribution in [-0.2, 0) is 9.47 Å². The summed E-state index contributed by atoms with van der Waals surface area (Å²) in [6.07, 6.45) is 11.6. The van der Waals surface area contributed by atoms with E-state index in [1.807, 2.05) is 6.26 Å². The van der Waals surface area contributed by atoms with Crippen molar-refractivity contribution in [1.82, 2.24) is 0 Å². The van der Waals surface area contributed by atoms with E-state index in [9.17, 15) is 0 Å². The first-order valence-corrected chi connectivity index (χ1v) is 6.36. The highest BCUT2D eigenvalue weighted by atomic mass is 16.5. The highest BCUT2D eigenvalue weighted by molar-refractivity contribution is 4.75. The van der Waals surface area contributed by atoms with Gasteiger partial charge in [-0.05, 0) is 43.9 Å². The Kier molecular flexibility index (Phi) is 6.78. The molecule has 2 nitrogen and oxygen atoms in total. The van der Waals surface area contributed by atoms with Gasteiger partial charge in [0.2, 0.25) is 0 Å². The molecule has 1 saturated carbocycles. The van der Waals surface area contributed by atoms with E-state index < -0.39 is 0 Å². The molecule has 0 aromatic rings. The predicted octanol–water partition coefficient (Wildman–Crippen LogP) is 3.89. The second-order valence-electron chi connectivity index (χ2n) is 4.50. The lowest BCUT2D eigenvalue weighted by Gasteiger charge is -2.27. The average molecular weight is 224 g/mol. The van der Waals surface area contributed by atoms with E-state index in [4.69, 9.17) is 9.47 Å². The molecule has 0 heterocycles. The van der Waals surface area contributed by atoms with E-state index in [1.54, 1.807) is 6.26 Å². The minimum atomic E-state index is 0.723. The molecule has 0 N–H and O–H groups in total. The van der Waals surface area contributed by atoms with Crippen molar-refractivity contribution in [2.75, 3.05) is 13.2 Å². The molecule has 1 rings (SSSR count). The summed E-state index contributed by atoms with van der Waals surface area (Å²) in [5.74, 6) is 1.46. The SMILES string of the molecule is C=COCC1CCC(CO/C=C/CC)CC1. The van der Waals surface area contributed by atoms with Crippen LogP contribution in [0.15, 0.2) is 25.2 Å². The van der Waals surface area contributed by atoms with Crippen molar-refractivity contribution in [3.05, 3.63) is 25.2 Å². The third-order valence-electron chi connectivity index (χ3n) is 3.18. The largest absolute Gasteiger partial charge is 0.502 e. The molecule has 16 heavy (non-hydrogen) atoms. The van der Waals surface area contributed by atoms with Gasteiger partial charge in [-0.2, -0.15) is 0 Å². The van der Waals surface area contributed by atoms with E-state index in [-0.39, 0.29) is 0 Å². The summed E-state index contributed by atoms with van der Waals surface area (Å²) in [6.45, 7) is 7.40. The summed E-state index contributed by atoms with van der Waals surface area (Å²) in [6, 6.07) is 0. The van der Waals surface area contributed by atoms with Gasteiger partial charge in [0, 0.05) is 0 Å². The first kappa shape index (κ1) is 13.1. The van der Waals surface area contributed by atoms with Crippen molar-refractivity contribution < 1.29 is 9.47 Å². The molecule has 0 unspecified atom stereocenters. The summed E-state index contributed by atoms with van der Waals surface area (Å²) < 4.78 is 10.7. The molecule has 0 atom stereocenters. The van der Waals surface area contributed by atoms with Crippen LogP contribution in [0.1, 0.15) is 39.0 Å². The third kappa shape index (κ3) is 5.24. The fourth-order valence-corrected chi connectivity index (χ4v) is 2.12. The van der Waals surface area contributed by atoms with Gasteiger partial charge in [-0.3, -0.25) is 0 Å². The Labute approximate surface area is 99.3 Å². The number of allylic oxidation sites excluding steroid dienone is 1. The van der Waals surface area contributed by atoms with Crippen molar-refractivity contribution in [2.45, 2.75) is 39.0 Å². The van der Waals surface area contributed by atoms with Crippen LogP contribution < -0.4 is 0 Å². The fourth-order valence-electron chi connectivity index (χ4n) is 2.12. The number of ether oxygens (including phenoxy) is 2. The first-order valence-electron chi connectivity index (χ1n) is 6.36. The fraction of sp³-hybridized carbons (Fsp3) is 0.714. The normalized spacial score (nSPS) is 25.6. The molecule has 1 aliphatic carbocycles. The molecule has 1 fully saturated rings. The van der Waals surface area contributed by atoms with Gasteiger partial charge in [0.15, 0.2) is 0 Å². The predicted molar refractivity (Wildman–Crippen MR) is 67.0 cm³/mol. The lowest BCUT2D eigenvalue weighted by atomic mass is 9.83. The topological polar surface area (TPSA) is 18.5 Å². The Bertz CT molecular complexity index is 203. The van der Waals surface area contributed by atoms with Crippen LogP contribution in [0.5, 0.6) is 0 Å². The Hall–Kier alpha value is -0.920. The lowest BCUT2D eigenvalue weighted by molar-refractivity contribution is 0.114. The van der Waals surface area contributed by atoms with Gasteiger partial charge in [-0.15, -0.1) is 0 Å². The van der Waals surface area contributed by atoms with Crippen LogP contribution in [0.3, 0.4) is 0 Å². The highest BCUT2D eigenvalue weighted by Crippen LogP contribution is 2.29. The Morgan fingerprint density at radius 1 is 1.06 bits per heavy atom. The van der Waals surface area contributed by atoms with Crippen LogP contribution in [-0.4, -0.2) is 13.2 Å². The van der Waals surface area contributed by atoms with E-state index in [0.717, 1.165) is 31.5 Å². The molecule has 0 radical (unpaired) electrons. The van der Waals surface area contributed by atoms with E-state index in [2.05, 4.69) is 19.6 Å². The van der Waals surface area contributed by atoms with Gasteiger partial charge in [-0.25, -0.2) is 0 Å². The molecule has 0 amide bonds. The highest BCUT2D eigenvalue weighted by Gasteiger charge is 2.21. The zero-order valence-electron chi connectivity index (χ0n) is 10.4. The molecule has 0 spiro atoms. The molecule has 0 aromatic heterocycles. The minimum Gasteiger partial charge on any atom is -0.502 e. The quantitative estimate of drug-likeness (QED) is 0.611. The van der Waals surface area contributed by atoms with Crippen LogP contribution >= 0.6 is 0 Å². The number of hydrogen-bond donors (Lipinski definition) is 0. The van der Waals surface area contributed by atoms with Gasteiger partial charge in [0.05, 0.1) is 25.7 Å². The third-order valence-corrected chi connectivity index (χ3v) is 3.18. The lowest BCUT2D eigenvalue weighted by Crippen LogP contribution is -2.20. The Balaban J connectivity index is 2.07.